The van der Waals surface area contributed by atoms with E-state index in [4.69, 9.17) is 10.5 Å². The molecule has 1 atom stereocenters. The molecule has 0 saturated carbocycles. The molecule has 2 aromatic heterocycles. The number of carbonyl (C=O) groups excluding carboxylic acids is 2. The molecule has 218 valence electrons. The van der Waals surface area contributed by atoms with Crippen LogP contribution in [0.4, 0.5) is 26.3 Å². The molecule has 0 spiro atoms. The van der Waals surface area contributed by atoms with Crippen LogP contribution in [0.3, 0.4) is 0 Å². The highest BCUT2D eigenvalue weighted by Gasteiger charge is 2.41. The molecule has 8 nitrogen and oxygen atoms in total. The zero-order chi connectivity index (χ0) is 30.2. The molecule has 42 heavy (non-hydrogen) atoms. The lowest BCUT2D eigenvalue weighted by atomic mass is 9.95. The van der Waals surface area contributed by atoms with Gasteiger partial charge < -0.3 is 15.8 Å². The number of hydrogen-bond acceptors (Lipinski definition) is 5. The van der Waals surface area contributed by atoms with Crippen LogP contribution >= 0.6 is 0 Å². The lowest BCUT2D eigenvalue weighted by Crippen LogP contribution is -2.34. The second-order valence-electron chi connectivity index (χ2n) is 9.51. The zero-order valence-corrected chi connectivity index (χ0v) is 21.5. The summed E-state index contributed by atoms with van der Waals surface area (Å²) in [6.45, 7) is -1.28. The minimum absolute atomic E-state index is 0.0261. The molecule has 0 fully saturated rings. The Hall–Kier alpha value is -4.72. The number of primary amides is 1. The van der Waals surface area contributed by atoms with Gasteiger partial charge in [0.05, 0.1) is 36.2 Å². The molecular weight excluding hydrogens is 568 g/mol. The average molecular weight is 589 g/mol. The van der Waals surface area contributed by atoms with Crippen LogP contribution < -0.4 is 11.1 Å². The van der Waals surface area contributed by atoms with Crippen molar-refractivity contribution in [3.8, 4) is 11.1 Å². The van der Waals surface area contributed by atoms with Crippen LogP contribution in [0.5, 0.6) is 0 Å². The SMILES string of the molecule is NC(=O)c1cc(-c2cccnc2CC(NC(=O)Cn2nc3c(c2C(F)(F)F)COC3)c2cc(F)cc(F)c2)ccc1F. The van der Waals surface area contributed by atoms with Crippen LogP contribution in [0.1, 0.15) is 44.6 Å². The van der Waals surface area contributed by atoms with Crippen molar-refractivity contribution in [2.75, 3.05) is 0 Å². The van der Waals surface area contributed by atoms with Gasteiger partial charge in [-0.2, -0.15) is 18.3 Å². The Bertz CT molecular complexity index is 1670. The lowest BCUT2D eigenvalue weighted by molar-refractivity contribution is -0.146. The quantitative estimate of drug-likeness (QED) is 0.292. The van der Waals surface area contributed by atoms with E-state index >= 15 is 0 Å². The molecule has 14 heteroatoms. The molecule has 0 bridgehead atoms. The zero-order valence-electron chi connectivity index (χ0n) is 21.5. The molecule has 3 N–H and O–H groups in total. The van der Waals surface area contributed by atoms with Crippen molar-refractivity contribution in [3.63, 3.8) is 0 Å². The van der Waals surface area contributed by atoms with Gasteiger partial charge in [-0.05, 0) is 41.5 Å². The van der Waals surface area contributed by atoms with Crippen LogP contribution in [0.2, 0.25) is 0 Å². The van der Waals surface area contributed by atoms with Gasteiger partial charge in [0.2, 0.25) is 5.91 Å². The number of nitrogens with one attached hydrogen (secondary N) is 1. The number of nitrogens with two attached hydrogens (primary N) is 1. The van der Waals surface area contributed by atoms with Crippen LogP contribution in [0.25, 0.3) is 11.1 Å². The maximum atomic E-state index is 14.2. The summed E-state index contributed by atoms with van der Waals surface area (Å²) in [5, 5.41) is 6.42. The van der Waals surface area contributed by atoms with Crippen molar-refractivity contribution in [2.45, 2.75) is 38.4 Å². The van der Waals surface area contributed by atoms with Crippen molar-refractivity contribution in [1.29, 1.82) is 0 Å². The average Bonchev–Trinajstić information content (AvgIpc) is 3.48. The first-order valence-electron chi connectivity index (χ1n) is 12.4. The van der Waals surface area contributed by atoms with Gasteiger partial charge in [0.25, 0.3) is 5.91 Å². The van der Waals surface area contributed by atoms with E-state index in [0.29, 0.717) is 21.9 Å². The van der Waals surface area contributed by atoms with E-state index in [1.54, 1.807) is 12.1 Å². The minimum atomic E-state index is -4.82. The van der Waals surface area contributed by atoms with Crippen LogP contribution in [-0.2, 0) is 41.9 Å². The number of benzene rings is 2. The van der Waals surface area contributed by atoms with Crippen LogP contribution in [0, 0.1) is 17.5 Å². The number of hydrogen-bond donors (Lipinski definition) is 2. The first kappa shape index (κ1) is 28.8. The van der Waals surface area contributed by atoms with Crippen molar-refractivity contribution < 1.29 is 40.7 Å². The van der Waals surface area contributed by atoms with Crippen LogP contribution in [-0.4, -0.2) is 26.6 Å². The fourth-order valence-corrected chi connectivity index (χ4v) is 4.84. The van der Waals surface area contributed by atoms with E-state index in [2.05, 4.69) is 15.4 Å². The van der Waals surface area contributed by atoms with Gasteiger partial charge in [0.15, 0.2) is 0 Å². The van der Waals surface area contributed by atoms with E-state index in [0.717, 1.165) is 18.2 Å². The molecule has 2 aromatic carbocycles. The van der Waals surface area contributed by atoms with Gasteiger partial charge >= 0.3 is 6.18 Å². The molecule has 5 rings (SSSR count). The third kappa shape index (κ3) is 5.98. The highest BCUT2D eigenvalue weighted by atomic mass is 19.4. The number of ether oxygens (including phenoxy) is 1. The molecule has 1 aliphatic heterocycles. The monoisotopic (exact) mass is 589 g/mol. The first-order chi connectivity index (χ1) is 19.9. The fraction of sp³-hybridized carbons (Fsp3) is 0.214. The number of fused-ring (bicyclic) bond motifs is 1. The maximum absolute atomic E-state index is 14.2. The third-order valence-electron chi connectivity index (χ3n) is 6.63. The van der Waals surface area contributed by atoms with Gasteiger partial charge in [0.1, 0.15) is 29.7 Å². The molecule has 1 unspecified atom stereocenters. The molecular formula is C28H21F6N5O3. The Labute approximate surface area is 234 Å². The van der Waals surface area contributed by atoms with Crippen molar-refractivity contribution in [2.24, 2.45) is 5.73 Å². The number of rotatable bonds is 8. The number of alkyl halides is 3. The molecule has 0 saturated heterocycles. The Morgan fingerprint density at radius 2 is 1.79 bits per heavy atom. The molecule has 2 amide bonds. The Morgan fingerprint density at radius 1 is 1.05 bits per heavy atom. The van der Waals surface area contributed by atoms with Gasteiger partial charge in [-0.15, -0.1) is 0 Å². The normalized spacial score (nSPS) is 13.6. The summed E-state index contributed by atoms with van der Waals surface area (Å²) in [7, 11) is 0. The molecule has 3 heterocycles. The number of aromatic nitrogens is 3. The molecule has 4 aromatic rings. The molecule has 0 aliphatic carbocycles. The second kappa shape index (κ2) is 11.3. The van der Waals surface area contributed by atoms with Crippen LogP contribution in [0.15, 0.2) is 54.7 Å². The summed E-state index contributed by atoms with van der Waals surface area (Å²) in [6, 6.07) is 8.17. The number of halogens is 6. The van der Waals surface area contributed by atoms with E-state index < -0.39 is 53.7 Å². The minimum Gasteiger partial charge on any atom is -0.370 e. The predicted octanol–water partition coefficient (Wildman–Crippen LogP) is 4.61. The third-order valence-corrected chi connectivity index (χ3v) is 6.63. The number of carbonyl (C=O) groups is 2. The largest absolute Gasteiger partial charge is 0.433 e. The summed E-state index contributed by atoms with van der Waals surface area (Å²) in [5.41, 5.74) is 4.64. The van der Waals surface area contributed by atoms with Gasteiger partial charge in [-0.1, -0.05) is 12.1 Å². The smallest absolute Gasteiger partial charge is 0.370 e. The Kier molecular flexibility index (Phi) is 7.73. The summed E-state index contributed by atoms with van der Waals surface area (Å²) in [5.74, 6) is -4.66. The van der Waals surface area contributed by atoms with E-state index in [9.17, 15) is 35.9 Å². The highest BCUT2D eigenvalue weighted by molar-refractivity contribution is 5.94. The standard InChI is InChI=1S/C28H21F6N5O3/c29-16-6-15(7-17(30)9-16)22(37-25(40)11-39-26(28(32,33)34)20-12-42-13-24(20)38-39)10-23-18(2-1-5-36-23)14-3-4-21(31)19(8-14)27(35)41/h1-9,22H,10-13H2,(H2,35,41)(H,37,40). The summed E-state index contributed by atoms with van der Waals surface area (Å²) in [6.07, 6.45) is -3.60. The lowest BCUT2D eigenvalue weighted by Gasteiger charge is -2.21. The summed E-state index contributed by atoms with van der Waals surface area (Å²) >= 11 is 0. The van der Waals surface area contributed by atoms with Crippen molar-refractivity contribution in [3.05, 3.63) is 106 Å². The Morgan fingerprint density at radius 3 is 2.48 bits per heavy atom. The number of amides is 2. The van der Waals surface area contributed by atoms with E-state index in [1.807, 2.05) is 0 Å². The summed E-state index contributed by atoms with van der Waals surface area (Å²) < 4.78 is 89.5. The van der Waals surface area contributed by atoms with E-state index in [-0.39, 0.29) is 47.7 Å². The summed E-state index contributed by atoms with van der Waals surface area (Å²) in [4.78, 5) is 29.1. The highest BCUT2D eigenvalue weighted by Crippen LogP contribution is 2.36. The number of nitrogens with zero attached hydrogens (tertiary/aromatic N) is 3. The van der Waals surface area contributed by atoms with Crippen molar-refractivity contribution in [1.82, 2.24) is 20.1 Å². The van der Waals surface area contributed by atoms with Gasteiger partial charge in [0, 0.05) is 29.8 Å². The number of pyridine rings is 1. The fourth-order valence-electron chi connectivity index (χ4n) is 4.84. The van der Waals surface area contributed by atoms with E-state index in [1.165, 1.54) is 18.3 Å². The Balaban J connectivity index is 1.49. The van der Waals surface area contributed by atoms with Gasteiger partial charge in [-0.3, -0.25) is 19.3 Å². The first-order valence-corrected chi connectivity index (χ1v) is 12.4. The van der Waals surface area contributed by atoms with Crippen molar-refractivity contribution >= 4 is 11.8 Å². The molecule has 1 aliphatic rings. The predicted molar refractivity (Wildman–Crippen MR) is 135 cm³/mol. The molecule has 0 radical (unpaired) electrons. The second-order valence-corrected chi connectivity index (χ2v) is 9.51. The topological polar surface area (TPSA) is 112 Å². The van der Waals surface area contributed by atoms with Gasteiger partial charge in [-0.25, -0.2) is 13.2 Å². The maximum Gasteiger partial charge on any atom is 0.433 e.